The molecule has 0 aliphatic heterocycles. The maximum atomic E-state index is 12.1. The quantitative estimate of drug-likeness (QED) is 0.588. The molecule has 0 fully saturated rings. The van der Waals surface area contributed by atoms with Crippen LogP contribution >= 0.6 is 0 Å². The van der Waals surface area contributed by atoms with Crippen LogP contribution in [0.1, 0.15) is 35.7 Å². The lowest BCUT2D eigenvalue weighted by Crippen LogP contribution is -2.24. The number of benzene rings is 2. The van der Waals surface area contributed by atoms with Crippen molar-refractivity contribution in [2.45, 2.75) is 25.2 Å². The van der Waals surface area contributed by atoms with Gasteiger partial charge < -0.3 is 4.79 Å². The van der Waals surface area contributed by atoms with Crippen molar-refractivity contribution in [3.05, 3.63) is 71.8 Å². The zero-order valence-corrected chi connectivity index (χ0v) is 11.6. The molecule has 0 saturated heterocycles. The van der Waals surface area contributed by atoms with Crippen LogP contribution in [-0.2, 0) is 10.2 Å². The van der Waals surface area contributed by atoms with Crippen molar-refractivity contribution in [1.82, 2.24) is 0 Å². The van der Waals surface area contributed by atoms with E-state index in [1.54, 1.807) is 0 Å². The van der Waals surface area contributed by atoms with E-state index in [0.29, 0.717) is 18.4 Å². The average molecular weight is 266 g/mol. The van der Waals surface area contributed by atoms with Gasteiger partial charge in [0.2, 0.25) is 0 Å². The van der Waals surface area contributed by atoms with Crippen molar-refractivity contribution in [2.75, 3.05) is 0 Å². The molecule has 0 heterocycles. The van der Waals surface area contributed by atoms with Gasteiger partial charge in [-0.25, -0.2) is 0 Å². The third-order valence-electron chi connectivity index (χ3n) is 3.66. The normalized spacial score (nSPS) is 13.4. The highest BCUT2D eigenvalue weighted by atomic mass is 16.1. The molecule has 0 N–H and O–H groups in total. The first-order valence-corrected chi connectivity index (χ1v) is 6.76. The van der Waals surface area contributed by atoms with Gasteiger partial charge in [0.15, 0.2) is 5.78 Å². The molecule has 2 aromatic rings. The number of rotatable bonds is 6. The highest BCUT2D eigenvalue weighted by Gasteiger charge is 2.26. The molecule has 0 bridgehead atoms. The summed E-state index contributed by atoms with van der Waals surface area (Å²) in [6.45, 7) is 1.88. The lowest BCUT2D eigenvalue weighted by atomic mass is 9.79. The summed E-state index contributed by atoms with van der Waals surface area (Å²) >= 11 is 0. The maximum Gasteiger partial charge on any atom is 0.162 e. The van der Waals surface area contributed by atoms with Gasteiger partial charge in [0.25, 0.3) is 0 Å². The van der Waals surface area contributed by atoms with Crippen LogP contribution in [0.4, 0.5) is 0 Å². The predicted molar refractivity (Wildman–Crippen MR) is 79.9 cm³/mol. The van der Waals surface area contributed by atoms with E-state index in [0.717, 1.165) is 11.8 Å². The standard InChI is InChI=1S/C18H18O2/c1-18(14-19,16-10-6-3-7-11-16)13-12-17(20)15-8-4-2-5-9-15/h2-11,14H,12-13H2,1H3/t18-/m0/s1. The molecule has 20 heavy (non-hydrogen) atoms. The zero-order chi connectivity index (χ0) is 14.4. The molecule has 2 aromatic carbocycles. The molecular formula is C18H18O2. The molecule has 2 heteroatoms. The molecular weight excluding hydrogens is 248 g/mol. The van der Waals surface area contributed by atoms with Crippen molar-refractivity contribution in [2.24, 2.45) is 0 Å². The minimum Gasteiger partial charge on any atom is -0.302 e. The van der Waals surface area contributed by atoms with Gasteiger partial charge in [-0.15, -0.1) is 0 Å². The SMILES string of the molecule is C[C@@](C=O)(CCC(=O)c1ccccc1)c1ccccc1. The van der Waals surface area contributed by atoms with Crippen LogP contribution < -0.4 is 0 Å². The summed E-state index contributed by atoms with van der Waals surface area (Å²) < 4.78 is 0. The van der Waals surface area contributed by atoms with Crippen LogP contribution in [0.25, 0.3) is 0 Å². The van der Waals surface area contributed by atoms with Gasteiger partial charge in [-0.3, -0.25) is 4.79 Å². The van der Waals surface area contributed by atoms with E-state index in [2.05, 4.69) is 0 Å². The van der Waals surface area contributed by atoms with E-state index in [1.807, 2.05) is 67.6 Å². The molecule has 0 aromatic heterocycles. The molecule has 0 aliphatic carbocycles. The summed E-state index contributed by atoms with van der Waals surface area (Å²) in [6, 6.07) is 18.8. The first-order valence-electron chi connectivity index (χ1n) is 6.76. The molecule has 1 atom stereocenters. The first kappa shape index (κ1) is 14.2. The monoisotopic (exact) mass is 266 g/mol. The number of ketones is 1. The number of hydrogen-bond acceptors (Lipinski definition) is 2. The molecule has 0 aliphatic rings. The highest BCUT2D eigenvalue weighted by molar-refractivity contribution is 5.96. The Morgan fingerprint density at radius 2 is 1.55 bits per heavy atom. The van der Waals surface area contributed by atoms with Gasteiger partial charge in [0.1, 0.15) is 6.29 Å². The second-order valence-corrected chi connectivity index (χ2v) is 5.19. The Kier molecular flexibility index (Phi) is 4.46. The number of carbonyl (C=O) groups excluding carboxylic acids is 2. The summed E-state index contributed by atoms with van der Waals surface area (Å²) in [5.74, 6) is 0.0783. The number of carbonyl (C=O) groups is 2. The summed E-state index contributed by atoms with van der Waals surface area (Å²) in [7, 11) is 0. The van der Waals surface area contributed by atoms with E-state index >= 15 is 0 Å². The summed E-state index contributed by atoms with van der Waals surface area (Å²) in [6.07, 6.45) is 1.84. The zero-order valence-electron chi connectivity index (χ0n) is 11.6. The molecule has 0 saturated carbocycles. The van der Waals surface area contributed by atoms with E-state index < -0.39 is 5.41 Å². The van der Waals surface area contributed by atoms with Crippen LogP contribution in [0.2, 0.25) is 0 Å². The first-order chi connectivity index (χ1) is 9.65. The van der Waals surface area contributed by atoms with Crippen molar-refractivity contribution < 1.29 is 9.59 Å². The van der Waals surface area contributed by atoms with E-state index in [4.69, 9.17) is 0 Å². The minimum absolute atomic E-state index is 0.0783. The fourth-order valence-electron chi connectivity index (χ4n) is 2.23. The Hall–Kier alpha value is -2.22. The molecule has 0 amide bonds. The Bertz CT molecular complexity index is 575. The van der Waals surface area contributed by atoms with Crippen molar-refractivity contribution >= 4 is 12.1 Å². The van der Waals surface area contributed by atoms with Gasteiger partial charge >= 0.3 is 0 Å². The van der Waals surface area contributed by atoms with Crippen LogP contribution in [0.15, 0.2) is 60.7 Å². The Morgan fingerprint density at radius 1 is 1.00 bits per heavy atom. The second kappa shape index (κ2) is 6.29. The van der Waals surface area contributed by atoms with Crippen molar-refractivity contribution in [3.63, 3.8) is 0 Å². The van der Waals surface area contributed by atoms with Crippen molar-refractivity contribution in [3.8, 4) is 0 Å². The summed E-state index contributed by atoms with van der Waals surface area (Å²) in [5, 5.41) is 0. The molecule has 2 rings (SSSR count). The third kappa shape index (κ3) is 3.21. The summed E-state index contributed by atoms with van der Waals surface area (Å²) in [4.78, 5) is 23.6. The average Bonchev–Trinajstić information content (AvgIpc) is 2.54. The van der Waals surface area contributed by atoms with Crippen molar-refractivity contribution in [1.29, 1.82) is 0 Å². The predicted octanol–water partition coefficient (Wildman–Crippen LogP) is 3.81. The maximum absolute atomic E-state index is 12.1. The molecule has 0 spiro atoms. The molecule has 102 valence electrons. The lowest BCUT2D eigenvalue weighted by Gasteiger charge is -2.23. The van der Waals surface area contributed by atoms with E-state index in [9.17, 15) is 9.59 Å². The van der Waals surface area contributed by atoms with Gasteiger partial charge in [-0.2, -0.15) is 0 Å². The Labute approximate surface area is 119 Å². The van der Waals surface area contributed by atoms with Crippen LogP contribution in [-0.4, -0.2) is 12.1 Å². The summed E-state index contributed by atoms with van der Waals surface area (Å²) in [5.41, 5.74) is 1.05. The molecule has 0 unspecified atom stereocenters. The topological polar surface area (TPSA) is 34.1 Å². The number of Topliss-reactive ketones (excluding diaryl/α,β-unsaturated/α-hetero) is 1. The third-order valence-corrected chi connectivity index (χ3v) is 3.66. The van der Waals surface area contributed by atoms with Crippen LogP contribution in [0.3, 0.4) is 0 Å². The molecule has 2 nitrogen and oxygen atoms in total. The van der Waals surface area contributed by atoms with E-state index in [1.165, 1.54) is 0 Å². The lowest BCUT2D eigenvalue weighted by molar-refractivity contribution is -0.112. The fourth-order valence-corrected chi connectivity index (χ4v) is 2.23. The fraction of sp³-hybridized carbons (Fsp3) is 0.222. The largest absolute Gasteiger partial charge is 0.302 e. The van der Waals surface area contributed by atoms with Crippen LogP contribution in [0.5, 0.6) is 0 Å². The van der Waals surface area contributed by atoms with Crippen LogP contribution in [0, 0.1) is 0 Å². The van der Waals surface area contributed by atoms with Gasteiger partial charge in [0.05, 0.1) is 0 Å². The minimum atomic E-state index is -0.605. The number of hydrogen-bond donors (Lipinski definition) is 0. The van der Waals surface area contributed by atoms with E-state index in [-0.39, 0.29) is 5.78 Å². The van der Waals surface area contributed by atoms with Gasteiger partial charge in [-0.1, -0.05) is 60.7 Å². The highest BCUT2D eigenvalue weighted by Crippen LogP contribution is 2.27. The Balaban J connectivity index is 2.08. The number of aldehydes is 1. The Morgan fingerprint density at radius 3 is 2.10 bits per heavy atom. The van der Waals surface area contributed by atoms with Gasteiger partial charge in [-0.05, 0) is 18.9 Å². The smallest absolute Gasteiger partial charge is 0.162 e. The van der Waals surface area contributed by atoms with Gasteiger partial charge in [0, 0.05) is 17.4 Å². The molecule has 0 radical (unpaired) electrons. The second-order valence-electron chi connectivity index (χ2n) is 5.19.